The van der Waals surface area contributed by atoms with Gasteiger partial charge in [0.15, 0.2) is 5.82 Å². The number of anilines is 4. The first-order valence-corrected chi connectivity index (χ1v) is 13.6. The maximum Gasteiger partial charge on any atom is 0.326 e. The molecular formula is C27H42N8O6. The number of carboxylic acids is 2. The lowest BCUT2D eigenvalue weighted by Crippen LogP contribution is -2.41. The number of H-pyrrole nitrogens is 1. The molecule has 0 fully saturated rings. The first-order chi connectivity index (χ1) is 19.3. The summed E-state index contributed by atoms with van der Waals surface area (Å²) in [6.07, 6.45) is -0.587. The van der Waals surface area contributed by atoms with Crippen LogP contribution in [-0.4, -0.2) is 86.7 Å². The molecule has 41 heavy (non-hydrogen) atoms. The zero-order valence-corrected chi connectivity index (χ0v) is 24.2. The molecule has 2 aromatic rings. The summed E-state index contributed by atoms with van der Waals surface area (Å²) in [6, 6.07) is 6.31. The van der Waals surface area contributed by atoms with Crippen LogP contribution >= 0.6 is 0 Å². The van der Waals surface area contributed by atoms with Gasteiger partial charge in [-0.2, -0.15) is 4.98 Å². The van der Waals surface area contributed by atoms with Crippen LogP contribution in [0.15, 0.2) is 29.1 Å². The quantitative estimate of drug-likeness (QED) is 0.182. The van der Waals surface area contributed by atoms with Crippen LogP contribution < -0.4 is 32.6 Å². The number of nitrogens with two attached hydrogens (primary N) is 1. The van der Waals surface area contributed by atoms with Crippen molar-refractivity contribution in [2.24, 2.45) is 0 Å². The number of aliphatic carboxylic acids is 2. The summed E-state index contributed by atoms with van der Waals surface area (Å²) < 4.78 is 0. The second kappa shape index (κ2) is 15.5. The van der Waals surface area contributed by atoms with Crippen molar-refractivity contribution in [3.63, 3.8) is 0 Å². The van der Waals surface area contributed by atoms with Crippen LogP contribution in [-0.2, 0) is 9.59 Å². The highest BCUT2D eigenvalue weighted by Gasteiger charge is 2.23. The number of hydrogen-bond donors (Lipinski definition) is 8. The fraction of sp³-hybridized carbons (Fsp3) is 0.519. The van der Waals surface area contributed by atoms with Gasteiger partial charge in [0.25, 0.3) is 11.5 Å². The number of hydrogen-bond acceptors (Lipinski definition) is 10. The molecule has 1 aromatic heterocycles. The number of fused-ring (bicyclic) bond motifs is 1. The second-order valence-corrected chi connectivity index (χ2v) is 10.2. The highest BCUT2D eigenvalue weighted by Crippen LogP contribution is 2.20. The minimum Gasteiger partial charge on any atom is -0.481 e. The summed E-state index contributed by atoms with van der Waals surface area (Å²) in [5.41, 5.74) is 6.40. The van der Waals surface area contributed by atoms with Crippen molar-refractivity contribution in [2.75, 3.05) is 41.3 Å². The molecule has 3 rings (SSSR count). The van der Waals surface area contributed by atoms with E-state index in [1.165, 1.54) is 12.1 Å². The third-order valence-corrected chi connectivity index (χ3v) is 6.44. The second-order valence-electron chi connectivity index (χ2n) is 10.2. The largest absolute Gasteiger partial charge is 0.481 e. The number of benzene rings is 1. The fourth-order valence-corrected chi connectivity index (χ4v) is 4.42. The van der Waals surface area contributed by atoms with Crippen LogP contribution in [0.1, 0.15) is 57.8 Å². The Morgan fingerprint density at radius 1 is 1.12 bits per heavy atom. The molecule has 226 valence electrons. The van der Waals surface area contributed by atoms with Crippen LogP contribution in [0.5, 0.6) is 0 Å². The van der Waals surface area contributed by atoms with Crippen molar-refractivity contribution in [3.05, 3.63) is 40.2 Å². The Hall–Kier alpha value is -4.33. The van der Waals surface area contributed by atoms with Gasteiger partial charge < -0.3 is 37.2 Å². The summed E-state index contributed by atoms with van der Waals surface area (Å²) in [5, 5.41) is 29.5. The van der Waals surface area contributed by atoms with E-state index in [9.17, 15) is 19.2 Å². The van der Waals surface area contributed by atoms with Gasteiger partial charge in [-0.25, -0.2) is 4.79 Å². The molecular weight excluding hydrogens is 532 g/mol. The highest BCUT2D eigenvalue weighted by atomic mass is 16.4. The molecule has 1 aromatic carbocycles. The van der Waals surface area contributed by atoms with Crippen LogP contribution in [0.4, 0.5) is 23.1 Å². The van der Waals surface area contributed by atoms with E-state index < -0.39 is 23.9 Å². The number of aromatic amines is 1. The molecule has 1 aliphatic rings. The van der Waals surface area contributed by atoms with E-state index in [1.54, 1.807) is 12.1 Å². The van der Waals surface area contributed by atoms with Gasteiger partial charge in [-0.3, -0.25) is 24.3 Å². The third-order valence-electron chi connectivity index (χ3n) is 6.44. The number of carbonyl (C=O) groups excluding carboxylic acids is 1. The van der Waals surface area contributed by atoms with Gasteiger partial charge in [0, 0.05) is 42.8 Å². The van der Waals surface area contributed by atoms with Crippen LogP contribution in [0.3, 0.4) is 0 Å². The molecule has 9 N–H and O–H groups in total. The number of carbonyl (C=O) groups is 3. The number of carboxylic acid groups (broad SMARTS) is 2. The monoisotopic (exact) mass is 574 g/mol. The van der Waals surface area contributed by atoms with Gasteiger partial charge in [-0.05, 0) is 64.9 Å². The lowest BCUT2D eigenvalue weighted by molar-refractivity contribution is -0.140. The van der Waals surface area contributed by atoms with Gasteiger partial charge in [0.2, 0.25) is 5.95 Å². The fourth-order valence-electron chi connectivity index (χ4n) is 4.42. The van der Waals surface area contributed by atoms with Gasteiger partial charge >= 0.3 is 11.9 Å². The third kappa shape index (κ3) is 10.3. The van der Waals surface area contributed by atoms with Crippen LogP contribution in [0, 0.1) is 0 Å². The number of amides is 1. The Morgan fingerprint density at radius 2 is 1.76 bits per heavy atom. The lowest BCUT2D eigenvalue weighted by atomic mass is 10.1. The molecule has 0 saturated carbocycles. The molecule has 0 saturated heterocycles. The van der Waals surface area contributed by atoms with E-state index in [4.69, 9.17) is 15.9 Å². The first-order valence-electron chi connectivity index (χ1n) is 13.6. The summed E-state index contributed by atoms with van der Waals surface area (Å²) in [5.74, 6) is -2.64. The average molecular weight is 575 g/mol. The van der Waals surface area contributed by atoms with Gasteiger partial charge in [-0.15, -0.1) is 0 Å². The maximum atomic E-state index is 12.3. The van der Waals surface area contributed by atoms with Crippen LogP contribution in [0.25, 0.3) is 0 Å². The van der Waals surface area contributed by atoms with Crippen molar-refractivity contribution in [2.45, 2.75) is 71.6 Å². The first kappa shape index (κ1) is 32.9. The Morgan fingerprint density at radius 3 is 2.27 bits per heavy atom. The lowest BCUT2D eigenvalue weighted by Gasteiger charge is -2.28. The van der Waals surface area contributed by atoms with Crippen molar-refractivity contribution in [3.8, 4) is 0 Å². The predicted octanol–water partition coefficient (Wildman–Crippen LogP) is 1.84. The number of nitrogens with one attached hydrogen (secondary N) is 5. The van der Waals surface area contributed by atoms with Crippen molar-refractivity contribution in [1.82, 2.24) is 20.2 Å². The Labute approximate surface area is 239 Å². The summed E-state index contributed by atoms with van der Waals surface area (Å²) in [7, 11) is 0. The van der Waals surface area contributed by atoms with Crippen molar-refractivity contribution < 1.29 is 24.6 Å². The highest BCUT2D eigenvalue weighted by molar-refractivity contribution is 5.97. The molecule has 0 aliphatic carbocycles. The van der Waals surface area contributed by atoms with E-state index in [0.29, 0.717) is 42.4 Å². The predicted molar refractivity (Wildman–Crippen MR) is 159 cm³/mol. The summed E-state index contributed by atoms with van der Waals surface area (Å²) in [6.45, 7) is 13.3. The van der Waals surface area contributed by atoms with E-state index in [-0.39, 0.29) is 36.0 Å². The van der Waals surface area contributed by atoms with Crippen LogP contribution in [0.2, 0.25) is 0 Å². The molecule has 14 heteroatoms. The summed E-state index contributed by atoms with van der Waals surface area (Å²) >= 11 is 0. The van der Waals surface area contributed by atoms with E-state index in [0.717, 1.165) is 6.54 Å². The molecule has 0 radical (unpaired) electrons. The Balaban J connectivity index is 0.000000564. The normalized spacial score (nSPS) is 14.7. The molecule has 1 amide bonds. The van der Waals surface area contributed by atoms with E-state index in [2.05, 4.69) is 70.8 Å². The zero-order valence-electron chi connectivity index (χ0n) is 24.2. The smallest absolute Gasteiger partial charge is 0.326 e. The molecule has 2 heterocycles. The van der Waals surface area contributed by atoms with E-state index in [1.807, 2.05) is 0 Å². The SMILES string of the molecule is CCN(C(C)C)C(C)C.Nc1nc2c(c(=O)[nH]1)N[C@H](CNc1ccc(C(=O)N[C@@H](CCC(=O)O)C(=O)O)cc1)CN2. The standard InChI is InChI=1S/C19H23N7O6.C8H19N/c20-19-25-15-14(17(30)26-19)23-11(8-22-15)7-21-10-3-1-9(2-4-10)16(29)24-12(18(31)32)5-6-13(27)28;1-6-9(7(2)3)8(4)5/h1-4,11-12,21,23H,5-8H2,(H,24,29)(H,27,28)(H,31,32)(H4,20,22,25,26,30);7-8H,6H2,1-5H3/t11-,12+;/m1./s1. The van der Waals surface area contributed by atoms with Gasteiger partial charge in [-0.1, -0.05) is 6.92 Å². The van der Waals surface area contributed by atoms with E-state index >= 15 is 0 Å². The molecule has 14 nitrogen and oxygen atoms in total. The number of aromatic nitrogens is 2. The van der Waals surface area contributed by atoms with Crippen molar-refractivity contribution in [1.29, 1.82) is 0 Å². The molecule has 1 aliphatic heterocycles. The zero-order chi connectivity index (χ0) is 30.7. The minimum atomic E-state index is -1.30. The molecule has 0 unspecified atom stereocenters. The topological polar surface area (TPSA) is 215 Å². The number of nitrogen functional groups attached to an aromatic ring is 1. The Bertz CT molecular complexity index is 1220. The summed E-state index contributed by atoms with van der Waals surface area (Å²) in [4.78, 5) is 55.1. The average Bonchev–Trinajstić information content (AvgIpc) is 2.90. The number of nitrogens with zero attached hydrogens (tertiary/aromatic N) is 2. The molecule has 2 atom stereocenters. The van der Waals surface area contributed by atoms with Crippen molar-refractivity contribution >= 4 is 41.0 Å². The van der Waals surface area contributed by atoms with Gasteiger partial charge in [0.05, 0.1) is 6.04 Å². The maximum absolute atomic E-state index is 12.3. The number of rotatable bonds is 12. The minimum absolute atomic E-state index is 0.0281. The Kier molecular flexibility index (Phi) is 12.4. The molecule has 0 spiro atoms. The molecule has 0 bridgehead atoms. The van der Waals surface area contributed by atoms with Gasteiger partial charge in [0.1, 0.15) is 11.7 Å².